The highest BCUT2D eigenvalue weighted by Crippen LogP contribution is 2.25. The van der Waals surface area contributed by atoms with Crippen LogP contribution in [-0.4, -0.2) is 30.2 Å². The minimum absolute atomic E-state index is 0.0541. The molecule has 1 aromatic rings. The smallest absolute Gasteiger partial charge is 0.234 e. The highest BCUT2D eigenvalue weighted by atomic mass is 35.5. The molecule has 0 heterocycles. The van der Waals surface area contributed by atoms with Crippen LogP contribution in [0.3, 0.4) is 0 Å². The lowest BCUT2D eigenvalue weighted by atomic mass is 9.82. The maximum Gasteiger partial charge on any atom is 0.234 e. The van der Waals surface area contributed by atoms with Gasteiger partial charge in [-0.3, -0.25) is 4.79 Å². The second kappa shape index (κ2) is 7.02. The lowest BCUT2D eigenvalue weighted by molar-refractivity contribution is -0.120. The van der Waals surface area contributed by atoms with E-state index in [1.54, 1.807) is 12.1 Å². The van der Waals surface area contributed by atoms with Crippen molar-refractivity contribution < 1.29 is 14.3 Å². The van der Waals surface area contributed by atoms with Gasteiger partial charge in [-0.25, -0.2) is 4.39 Å². The van der Waals surface area contributed by atoms with E-state index >= 15 is 0 Å². The molecule has 0 spiro atoms. The summed E-state index contributed by atoms with van der Waals surface area (Å²) in [7, 11) is 0. The molecule has 0 aliphatic heterocycles. The molecule has 0 bridgehead atoms. The van der Waals surface area contributed by atoms with Gasteiger partial charge in [-0.2, -0.15) is 0 Å². The number of carbonyl (C=O) groups excluding carboxylic acids is 1. The Labute approximate surface area is 122 Å². The summed E-state index contributed by atoms with van der Waals surface area (Å²) < 4.78 is 13.6. The molecule has 1 aliphatic carbocycles. The molecule has 110 valence electrons. The Bertz CT molecular complexity index is 478. The second-order valence-electron chi connectivity index (χ2n) is 5.11. The van der Waals surface area contributed by atoms with Crippen LogP contribution in [0.1, 0.15) is 18.4 Å². The van der Waals surface area contributed by atoms with Crippen molar-refractivity contribution in [2.24, 2.45) is 5.92 Å². The molecule has 0 unspecified atom stereocenters. The molecule has 2 rings (SSSR count). The molecule has 0 aromatic heterocycles. The van der Waals surface area contributed by atoms with Crippen molar-refractivity contribution in [2.75, 3.05) is 13.1 Å². The number of hydrogen-bond donors (Lipinski definition) is 3. The predicted octanol–water partition coefficient (Wildman–Crippen LogP) is 1.46. The third kappa shape index (κ3) is 4.16. The van der Waals surface area contributed by atoms with Crippen LogP contribution in [0, 0.1) is 11.7 Å². The topological polar surface area (TPSA) is 61.4 Å². The largest absolute Gasteiger partial charge is 0.393 e. The van der Waals surface area contributed by atoms with Gasteiger partial charge in [-0.05, 0) is 31.4 Å². The third-order valence-corrected chi connectivity index (χ3v) is 3.73. The van der Waals surface area contributed by atoms with E-state index < -0.39 is 5.82 Å². The Hall–Kier alpha value is -1.17. The first-order valence-electron chi connectivity index (χ1n) is 6.64. The van der Waals surface area contributed by atoms with Crippen LogP contribution in [0.25, 0.3) is 0 Å². The van der Waals surface area contributed by atoms with Crippen LogP contribution >= 0.6 is 11.6 Å². The van der Waals surface area contributed by atoms with Crippen molar-refractivity contribution in [3.05, 3.63) is 34.6 Å². The second-order valence-corrected chi connectivity index (χ2v) is 5.52. The third-order valence-electron chi connectivity index (χ3n) is 3.44. The van der Waals surface area contributed by atoms with Crippen LogP contribution in [0.5, 0.6) is 0 Å². The average Bonchev–Trinajstić information content (AvgIpc) is 2.38. The summed E-state index contributed by atoms with van der Waals surface area (Å²) in [6.07, 6.45) is 1.41. The zero-order valence-electron chi connectivity index (χ0n) is 11.0. The molecule has 1 amide bonds. The van der Waals surface area contributed by atoms with E-state index in [2.05, 4.69) is 10.6 Å². The van der Waals surface area contributed by atoms with Crippen molar-refractivity contribution in [3.8, 4) is 0 Å². The van der Waals surface area contributed by atoms with Gasteiger partial charge in [0.2, 0.25) is 5.91 Å². The molecular weight excluding hydrogens is 283 g/mol. The molecule has 20 heavy (non-hydrogen) atoms. The van der Waals surface area contributed by atoms with Gasteiger partial charge < -0.3 is 15.7 Å². The Balaban J connectivity index is 1.66. The van der Waals surface area contributed by atoms with Crippen LogP contribution in [0.15, 0.2) is 18.2 Å². The number of benzene rings is 1. The van der Waals surface area contributed by atoms with Crippen LogP contribution in [0.4, 0.5) is 4.39 Å². The van der Waals surface area contributed by atoms with E-state index in [0.29, 0.717) is 11.5 Å². The standard InChI is InChI=1S/C14H18ClFN2O2/c15-12-3-1-2-10(14(12)16)7-18-13(20)8-17-6-9-4-11(19)5-9/h1-3,9,11,17,19H,4-8H2,(H,18,20). The van der Waals surface area contributed by atoms with Gasteiger partial charge in [0.15, 0.2) is 0 Å². The van der Waals surface area contributed by atoms with Crippen LogP contribution in [-0.2, 0) is 11.3 Å². The molecule has 1 fully saturated rings. The van der Waals surface area contributed by atoms with Gasteiger partial charge in [0.05, 0.1) is 17.7 Å². The average molecular weight is 301 g/mol. The Morgan fingerprint density at radius 1 is 1.45 bits per heavy atom. The Kier molecular flexibility index (Phi) is 5.34. The molecule has 0 radical (unpaired) electrons. The minimum Gasteiger partial charge on any atom is -0.393 e. The predicted molar refractivity (Wildman–Crippen MR) is 74.9 cm³/mol. The molecule has 1 aliphatic rings. The highest BCUT2D eigenvalue weighted by molar-refractivity contribution is 6.30. The van der Waals surface area contributed by atoms with Gasteiger partial charge >= 0.3 is 0 Å². The van der Waals surface area contributed by atoms with Crippen molar-refractivity contribution >= 4 is 17.5 Å². The van der Waals surface area contributed by atoms with E-state index in [-0.39, 0.29) is 30.1 Å². The van der Waals surface area contributed by atoms with E-state index in [4.69, 9.17) is 16.7 Å². The molecule has 1 aromatic carbocycles. The molecule has 0 saturated heterocycles. The lowest BCUT2D eigenvalue weighted by Crippen LogP contribution is -2.40. The summed E-state index contributed by atoms with van der Waals surface area (Å²) in [6.45, 7) is 1.03. The van der Waals surface area contributed by atoms with E-state index in [0.717, 1.165) is 19.4 Å². The van der Waals surface area contributed by atoms with Gasteiger partial charge in [-0.1, -0.05) is 23.7 Å². The molecule has 6 heteroatoms. The molecular formula is C14H18ClFN2O2. The highest BCUT2D eigenvalue weighted by Gasteiger charge is 2.26. The minimum atomic E-state index is -0.495. The monoisotopic (exact) mass is 300 g/mol. The maximum atomic E-state index is 13.6. The number of rotatable bonds is 6. The quantitative estimate of drug-likeness (QED) is 0.745. The van der Waals surface area contributed by atoms with Crippen LogP contribution in [0.2, 0.25) is 5.02 Å². The first-order valence-corrected chi connectivity index (χ1v) is 7.02. The summed E-state index contributed by atoms with van der Waals surface area (Å²) in [6, 6.07) is 4.70. The molecule has 4 nitrogen and oxygen atoms in total. The first-order chi connectivity index (χ1) is 9.56. The molecule has 3 N–H and O–H groups in total. The molecule has 1 saturated carbocycles. The van der Waals surface area contributed by atoms with E-state index in [1.165, 1.54) is 6.07 Å². The number of nitrogens with one attached hydrogen (secondary N) is 2. The summed E-state index contributed by atoms with van der Waals surface area (Å²) in [4.78, 5) is 11.6. The summed E-state index contributed by atoms with van der Waals surface area (Å²) in [5, 5.41) is 14.8. The van der Waals surface area contributed by atoms with Gasteiger partial charge in [0, 0.05) is 12.1 Å². The summed E-state index contributed by atoms with van der Waals surface area (Å²) >= 11 is 5.66. The molecule has 0 atom stereocenters. The fourth-order valence-electron chi connectivity index (χ4n) is 2.20. The Morgan fingerprint density at radius 3 is 2.90 bits per heavy atom. The van der Waals surface area contributed by atoms with E-state index in [1.807, 2.05) is 0 Å². The maximum absolute atomic E-state index is 13.6. The first kappa shape index (κ1) is 15.2. The van der Waals surface area contributed by atoms with E-state index in [9.17, 15) is 9.18 Å². The normalized spacial score (nSPS) is 21.4. The number of aliphatic hydroxyl groups is 1. The van der Waals surface area contributed by atoms with Crippen molar-refractivity contribution in [2.45, 2.75) is 25.5 Å². The van der Waals surface area contributed by atoms with Crippen molar-refractivity contribution in [3.63, 3.8) is 0 Å². The van der Waals surface area contributed by atoms with Gasteiger partial charge in [0.25, 0.3) is 0 Å². The van der Waals surface area contributed by atoms with Crippen LogP contribution < -0.4 is 10.6 Å². The number of halogens is 2. The van der Waals surface area contributed by atoms with Crippen molar-refractivity contribution in [1.82, 2.24) is 10.6 Å². The fraction of sp³-hybridized carbons (Fsp3) is 0.500. The number of aliphatic hydroxyl groups excluding tert-OH is 1. The Morgan fingerprint density at radius 2 is 2.20 bits per heavy atom. The summed E-state index contributed by atoms with van der Waals surface area (Å²) in [5.74, 6) is -0.238. The number of carbonyl (C=O) groups is 1. The van der Waals surface area contributed by atoms with Gasteiger partial charge in [-0.15, -0.1) is 0 Å². The number of amides is 1. The lowest BCUT2D eigenvalue weighted by Gasteiger charge is -2.31. The number of hydrogen-bond acceptors (Lipinski definition) is 3. The zero-order chi connectivity index (χ0) is 14.5. The van der Waals surface area contributed by atoms with Crippen molar-refractivity contribution in [1.29, 1.82) is 0 Å². The zero-order valence-corrected chi connectivity index (χ0v) is 11.8. The van der Waals surface area contributed by atoms with Gasteiger partial charge in [0.1, 0.15) is 5.82 Å². The fourth-order valence-corrected chi connectivity index (χ4v) is 2.39. The SMILES string of the molecule is O=C(CNCC1CC(O)C1)NCc1cccc(Cl)c1F. The summed E-state index contributed by atoms with van der Waals surface area (Å²) in [5.41, 5.74) is 0.368.